The second-order valence-electron chi connectivity index (χ2n) is 13.8. The fourth-order valence-electron chi connectivity index (χ4n) is 9.06. The van der Waals surface area contributed by atoms with E-state index in [0.29, 0.717) is 28.1 Å². The van der Waals surface area contributed by atoms with Crippen LogP contribution in [0.2, 0.25) is 0 Å². The molecule has 0 spiro atoms. The summed E-state index contributed by atoms with van der Waals surface area (Å²) in [7, 11) is 1.46. The molecule has 2 saturated heterocycles. The number of carbonyl (C=O) groups excluding carboxylic acids is 4. The molecule has 2 heterocycles. The number of anilines is 2. The van der Waals surface area contributed by atoms with Crippen LogP contribution in [0.3, 0.4) is 0 Å². The highest BCUT2D eigenvalue weighted by Crippen LogP contribution is 2.66. The summed E-state index contributed by atoms with van der Waals surface area (Å²) in [5.74, 6) is -6.39. The Labute approximate surface area is 298 Å². The van der Waals surface area contributed by atoms with Crippen molar-refractivity contribution >= 4 is 40.7 Å². The normalized spacial score (nSPS) is 26.4. The van der Waals surface area contributed by atoms with E-state index in [1.165, 1.54) is 37.4 Å². The van der Waals surface area contributed by atoms with Gasteiger partial charge in [0.15, 0.2) is 0 Å². The van der Waals surface area contributed by atoms with Crippen molar-refractivity contribution in [3.63, 3.8) is 0 Å². The van der Waals surface area contributed by atoms with Gasteiger partial charge in [-0.25, -0.2) is 4.90 Å². The molecule has 2 aliphatic carbocycles. The summed E-state index contributed by atoms with van der Waals surface area (Å²) in [4.78, 5) is 70.7. The number of imide groups is 2. The fraction of sp³-hybridized carbons (Fsp3) is 0.250. The van der Waals surface area contributed by atoms with Gasteiger partial charge in [-0.2, -0.15) is 5.01 Å². The molecule has 12 heteroatoms. The van der Waals surface area contributed by atoms with E-state index in [1.807, 2.05) is 31.2 Å². The number of rotatable bonds is 7. The van der Waals surface area contributed by atoms with Crippen molar-refractivity contribution in [2.24, 2.45) is 23.7 Å². The third kappa shape index (κ3) is 4.66. The van der Waals surface area contributed by atoms with Gasteiger partial charge in [0, 0.05) is 23.6 Å². The van der Waals surface area contributed by atoms with Crippen LogP contribution in [0.25, 0.3) is 0 Å². The summed E-state index contributed by atoms with van der Waals surface area (Å²) < 4.78 is 5.82. The lowest BCUT2D eigenvalue weighted by Crippen LogP contribution is -2.53. The number of ether oxygens (including phenoxy) is 1. The molecule has 2 aliphatic heterocycles. The summed E-state index contributed by atoms with van der Waals surface area (Å²) in [6.45, 7) is 1.93. The monoisotopic (exact) mass is 698 g/mol. The van der Waals surface area contributed by atoms with Gasteiger partial charge in [-0.15, -0.1) is 0 Å². The molecule has 1 saturated carbocycles. The van der Waals surface area contributed by atoms with Gasteiger partial charge in [0.1, 0.15) is 11.5 Å². The van der Waals surface area contributed by atoms with Gasteiger partial charge in [-0.1, -0.05) is 71.8 Å². The zero-order valence-electron chi connectivity index (χ0n) is 28.3. The third-order valence-corrected chi connectivity index (χ3v) is 11.2. The molecule has 4 amide bonds. The summed E-state index contributed by atoms with van der Waals surface area (Å²) in [5.41, 5.74) is 4.28. The SMILES string of the molecule is COc1cccc(O)c1C1C2=CCC3C(=O)N(c4cccc([N+](=O)[O-])c4)C(=O)C3C2CC2C(=O)N(Nc3ccc(C)cc3)C(=O)C21c1ccccc1. The average Bonchev–Trinajstić information content (AvgIpc) is 3.53. The minimum Gasteiger partial charge on any atom is -0.508 e. The maximum Gasteiger partial charge on any atom is 0.271 e. The Balaban J connectivity index is 1.33. The number of nitro benzene ring substituents is 1. The number of amides is 4. The topological polar surface area (TPSA) is 159 Å². The molecule has 0 aromatic heterocycles. The first-order valence-corrected chi connectivity index (χ1v) is 17.0. The number of benzene rings is 4. The average molecular weight is 699 g/mol. The van der Waals surface area contributed by atoms with Crippen molar-refractivity contribution in [3.8, 4) is 11.5 Å². The highest BCUT2D eigenvalue weighted by Gasteiger charge is 2.71. The molecule has 6 atom stereocenters. The quantitative estimate of drug-likeness (QED) is 0.105. The van der Waals surface area contributed by atoms with Crippen LogP contribution >= 0.6 is 0 Å². The van der Waals surface area contributed by atoms with Crippen LogP contribution in [0.1, 0.15) is 35.4 Å². The van der Waals surface area contributed by atoms with Crippen LogP contribution in [0.4, 0.5) is 17.1 Å². The van der Waals surface area contributed by atoms with Crippen LogP contribution in [0, 0.1) is 40.7 Å². The Morgan fingerprint density at radius 1 is 0.885 bits per heavy atom. The largest absolute Gasteiger partial charge is 0.508 e. The summed E-state index contributed by atoms with van der Waals surface area (Å²) >= 11 is 0. The standard InChI is InChI=1S/C40H34N4O8/c1-22-14-16-24(17-15-22)41-43-37(47)30-21-29-27(18-19-28-33(29)38(48)42(36(28)46)25-10-6-11-26(20-25)44(50)51)35(34-31(45)12-7-13-32(34)52-2)40(30,39(43)49)23-8-4-3-5-9-23/h3-18,20,28-30,33,35,41,45H,19,21H2,1-2H3. The predicted octanol–water partition coefficient (Wildman–Crippen LogP) is 5.81. The van der Waals surface area contributed by atoms with Gasteiger partial charge in [0.25, 0.3) is 17.5 Å². The van der Waals surface area contributed by atoms with Crippen molar-refractivity contribution in [3.05, 3.63) is 136 Å². The van der Waals surface area contributed by atoms with Crippen molar-refractivity contribution in [1.82, 2.24) is 5.01 Å². The number of allylic oxidation sites excluding steroid dienone is 2. The molecule has 262 valence electrons. The molecule has 2 N–H and O–H groups in total. The number of nitrogens with zero attached hydrogens (tertiary/aromatic N) is 3. The van der Waals surface area contributed by atoms with Crippen molar-refractivity contribution in [2.75, 3.05) is 17.4 Å². The minimum absolute atomic E-state index is 0.0484. The number of aromatic hydroxyl groups is 1. The maximum atomic E-state index is 15.3. The number of fused-ring (bicyclic) bond motifs is 4. The molecule has 4 aromatic rings. The molecule has 6 unspecified atom stereocenters. The number of methoxy groups -OCH3 is 1. The lowest BCUT2D eigenvalue weighted by Gasteiger charge is -2.50. The first-order chi connectivity index (χ1) is 25.1. The zero-order chi connectivity index (χ0) is 36.5. The van der Waals surface area contributed by atoms with Crippen LogP contribution in [-0.4, -0.2) is 45.8 Å². The minimum atomic E-state index is -1.59. The maximum absolute atomic E-state index is 15.3. The van der Waals surface area contributed by atoms with E-state index in [4.69, 9.17) is 4.74 Å². The lowest BCUT2D eigenvalue weighted by atomic mass is 9.49. The van der Waals surface area contributed by atoms with E-state index in [2.05, 4.69) is 5.43 Å². The number of nitro groups is 1. The van der Waals surface area contributed by atoms with Crippen LogP contribution in [-0.2, 0) is 24.6 Å². The molecular formula is C40H34N4O8. The van der Waals surface area contributed by atoms with Crippen molar-refractivity contribution in [2.45, 2.75) is 31.1 Å². The first-order valence-electron chi connectivity index (χ1n) is 17.0. The van der Waals surface area contributed by atoms with Gasteiger partial charge >= 0.3 is 0 Å². The lowest BCUT2D eigenvalue weighted by molar-refractivity contribution is -0.384. The number of carbonyl (C=O) groups is 4. The van der Waals surface area contributed by atoms with Gasteiger partial charge in [-0.3, -0.25) is 34.7 Å². The highest BCUT2D eigenvalue weighted by atomic mass is 16.6. The molecule has 3 fully saturated rings. The van der Waals surface area contributed by atoms with E-state index >= 15 is 4.79 Å². The number of phenolic OH excluding ortho intramolecular Hbond substituents is 1. The summed E-state index contributed by atoms with van der Waals surface area (Å²) in [6, 6.07) is 26.5. The van der Waals surface area contributed by atoms with Gasteiger partial charge in [0.05, 0.1) is 46.6 Å². The zero-order valence-corrected chi connectivity index (χ0v) is 28.3. The summed E-state index contributed by atoms with van der Waals surface area (Å²) in [5, 5.41) is 24.3. The molecule has 52 heavy (non-hydrogen) atoms. The Hall–Kier alpha value is -6.30. The third-order valence-electron chi connectivity index (χ3n) is 11.2. The van der Waals surface area contributed by atoms with Crippen LogP contribution in [0.5, 0.6) is 11.5 Å². The Kier molecular flexibility index (Phi) is 7.70. The number of nitrogens with one attached hydrogen (secondary N) is 1. The molecule has 12 nitrogen and oxygen atoms in total. The fourth-order valence-corrected chi connectivity index (χ4v) is 9.06. The van der Waals surface area contributed by atoms with Crippen molar-refractivity contribution in [1.29, 1.82) is 0 Å². The van der Waals surface area contributed by atoms with Crippen LogP contribution < -0.4 is 15.1 Å². The first kappa shape index (κ1) is 32.9. The second-order valence-corrected chi connectivity index (χ2v) is 13.8. The number of hydrogen-bond donors (Lipinski definition) is 2. The smallest absolute Gasteiger partial charge is 0.271 e. The molecule has 0 bridgehead atoms. The highest BCUT2D eigenvalue weighted by molar-refractivity contribution is 6.22. The Morgan fingerprint density at radius 3 is 2.33 bits per heavy atom. The number of hydrogen-bond acceptors (Lipinski definition) is 9. The molecule has 4 aliphatic rings. The number of hydrazine groups is 1. The van der Waals surface area contributed by atoms with E-state index < -0.39 is 63.6 Å². The second kappa shape index (κ2) is 12.2. The number of non-ortho nitro benzene ring substituents is 1. The van der Waals surface area contributed by atoms with Crippen LogP contribution in [0.15, 0.2) is 109 Å². The Morgan fingerprint density at radius 2 is 1.62 bits per heavy atom. The van der Waals surface area contributed by atoms with E-state index in [-0.39, 0.29) is 30.0 Å². The van der Waals surface area contributed by atoms with Gasteiger partial charge in [-0.05, 0) is 61.6 Å². The number of aryl methyl sites for hydroxylation is 1. The van der Waals surface area contributed by atoms with Gasteiger partial charge in [0.2, 0.25) is 11.8 Å². The molecule has 8 rings (SSSR count). The van der Waals surface area contributed by atoms with Gasteiger partial charge < -0.3 is 9.84 Å². The molecular weight excluding hydrogens is 664 g/mol. The van der Waals surface area contributed by atoms with E-state index in [1.54, 1.807) is 48.5 Å². The van der Waals surface area contributed by atoms with E-state index in [9.17, 15) is 29.6 Å². The Bertz CT molecular complexity index is 2200. The van der Waals surface area contributed by atoms with Crippen molar-refractivity contribution < 1.29 is 33.9 Å². The molecule has 0 radical (unpaired) electrons. The predicted molar refractivity (Wildman–Crippen MR) is 189 cm³/mol. The number of phenols is 1. The summed E-state index contributed by atoms with van der Waals surface area (Å²) in [6.07, 6.45) is 2.06. The van der Waals surface area contributed by atoms with E-state index in [0.717, 1.165) is 15.5 Å². The molecule has 4 aromatic carbocycles.